The van der Waals surface area contributed by atoms with Crippen LogP contribution in [0.15, 0.2) is 42.5 Å². The highest BCUT2D eigenvalue weighted by molar-refractivity contribution is 6.06. The molecule has 1 aliphatic heterocycles. The maximum atomic E-state index is 13.1. The summed E-state index contributed by atoms with van der Waals surface area (Å²) in [5.74, 6) is -0.541. The van der Waals surface area contributed by atoms with Gasteiger partial charge in [-0.15, -0.1) is 0 Å². The third-order valence-corrected chi connectivity index (χ3v) is 3.93. The van der Waals surface area contributed by atoms with Crippen LogP contribution in [-0.4, -0.2) is 18.4 Å². The predicted octanol–water partition coefficient (Wildman–Crippen LogP) is 3.51. The number of hydrogen-bond donors (Lipinski definition) is 1. The van der Waals surface area contributed by atoms with E-state index in [-0.39, 0.29) is 17.6 Å². The van der Waals surface area contributed by atoms with E-state index < -0.39 is 0 Å². The fourth-order valence-corrected chi connectivity index (χ4v) is 2.70. The minimum absolute atomic E-state index is 0.0805. The van der Waals surface area contributed by atoms with Crippen molar-refractivity contribution in [3.05, 3.63) is 59.4 Å². The van der Waals surface area contributed by atoms with Gasteiger partial charge in [-0.05, 0) is 55.3 Å². The second kappa shape index (κ2) is 6.20. The Labute approximate surface area is 133 Å². The number of halogens is 1. The van der Waals surface area contributed by atoms with Gasteiger partial charge < -0.3 is 10.2 Å². The number of benzene rings is 2. The Morgan fingerprint density at radius 2 is 2.04 bits per heavy atom. The monoisotopic (exact) mass is 312 g/mol. The van der Waals surface area contributed by atoms with E-state index >= 15 is 0 Å². The molecule has 5 heteroatoms. The Balaban J connectivity index is 1.81. The molecule has 0 bridgehead atoms. The average Bonchev–Trinajstić information content (AvgIpc) is 2.96. The van der Waals surface area contributed by atoms with Crippen LogP contribution >= 0.6 is 0 Å². The number of nitrogens with one attached hydrogen (secondary N) is 1. The molecule has 0 aromatic heterocycles. The van der Waals surface area contributed by atoms with Gasteiger partial charge >= 0.3 is 0 Å². The molecule has 0 radical (unpaired) electrons. The Morgan fingerprint density at radius 1 is 1.22 bits per heavy atom. The first kappa shape index (κ1) is 15.2. The van der Waals surface area contributed by atoms with Gasteiger partial charge in [0.25, 0.3) is 5.91 Å². The molecule has 118 valence electrons. The van der Waals surface area contributed by atoms with E-state index in [0.717, 1.165) is 12.1 Å². The highest BCUT2D eigenvalue weighted by Gasteiger charge is 2.22. The number of rotatable bonds is 3. The number of hydrogen-bond acceptors (Lipinski definition) is 2. The summed E-state index contributed by atoms with van der Waals surface area (Å²) in [6, 6.07) is 11.2. The van der Waals surface area contributed by atoms with Gasteiger partial charge in [0.15, 0.2) is 0 Å². The molecule has 1 heterocycles. The van der Waals surface area contributed by atoms with Crippen LogP contribution in [0, 0.1) is 12.7 Å². The molecule has 0 atom stereocenters. The summed E-state index contributed by atoms with van der Waals surface area (Å²) in [5.41, 5.74) is 2.42. The Kier molecular flexibility index (Phi) is 4.10. The van der Waals surface area contributed by atoms with E-state index in [1.54, 1.807) is 30.0 Å². The summed E-state index contributed by atoms with van der Waals surface area (Å²) < 4.78 is 13.1. The number of amides is 2. The highest BCUT2D eigenvalue weighted by atomic mass is 19.1. The lowest BCUT2D eigenvalue weighted by Gasteiger charge is -2.16. The summed E-state index contributed by atoms with van der Waals surface area (Å²) in [5, 5.41) is 2.77. The molecule has 1 aliphatic rings. The molecule has 4 nitrogen and oxygen atoms in total. The molecule has 1 saturated heterocycles. The zero-order valence-electron chi connectivity index (χ0n) is 12.8. The second-order valence-electron chi connectivity index (χ2n) is 5.61. The van der Waals surface area contributed by atoms with Gasteiger partial charge in [-0.2, -0.15) is 0 Å². The first-order valence-corrected chi connectivity index (χ1v) is 7.52. The molecule has 23 heavy (non-hydrogen) atoms. The van der Waals surface area contributed by atoms with E-state index in [2.05, 4.69) is 5.32 Å². The van der Waals surface area contributed by atoms with E-state index in [9.17, 15) is 14.0 Å². The van der Waals surface area contributed by atoms with Gasteiger partial charge in [0.05, 0.1) is 0 Å². The maximum Gasteiger partial charge on any atom is 0.255 e. The predicted molar refractivity (Wildman–Crippen MR) is 87.1 cm³/mol. The number of aryl methyl sites for hydroxylation is 1. The average molecular weight is 312 g/mol. The minimum atomic E-state index is -0.338. The van der Waals surface area contributed by atoms with Gasteiger partial charge in [0, 0.05) is 29.9 Å². The van der Waals surface area contributed by atoms with Crippen LogP contribution in [0.5, 0.6) is 0 Å². The van der Waals surface area contributed by atoms with Gasteiger partial charge in [0.1, 0.15) is 5.82 Å². The van der Waals surface area contributed by atoms with Gasteiger partial charge in [-0.3, -0.25) is 9.59 Å². The van der Waals surface area contributed by atoms with Crippen LogP contribution in [0.4, 0.5) is 15.8 Å². The summed E-state index contributed by atoms with van der Waals surface area (Å²) in [6.07, 6.45) is 1.38. The first-order valence-electron chi connectivity index (χ1n) is 7.52. The molecule has 0 aliphatic carbocycles. The summed E-state index contributed by atoms with van der Waals surface area (Å²) in [4.78, 5) is 25.9. The van der Waals surface area contributed by atoms with Crippen molar-refractivity contribution in [2.75, 3.05) is 16.8 Å². The molecular formula is C18H17FN2O2. The highest BCUT2D eigenvalue weighted by Crippen LogP contribution is 2.23. The topological polar surface area (TPSA) is 49.4 Å². The Bertz CT molecular complexity index is 773. The summed E-state index contributed by atoms with van der Waals surface area (Å²) >= 11 is 0. The van der Waals surface area contributed by atoms with Gasteiger partial charge in [-0.25, -0.2) is 4.39 Å². The number of nitrogens with zero attached hydrogens (tertiary/aromatic N) is 1. The molecule has 3 rings (SSSR count). The number of anilines is 2. The third kappa shape index (κ3) is 3.23. The van der Waals surface area contributed by atoms with Crippen molar-refractivity contribution >= 4 is 23.2 Å². The normalized spacial score (nSPS) is 14.2. The fraction of sp³-hybridized carbons (Fsp3) is 0.222. The summed E-state index contributed by atoms with van der Waals surface area (Å²) in [7, 11) is 0. The van der Waals surface area contributed by atoms with E-state index in [4.69, 9.17) is 0 Å². The van der Waals surface area contributed by atoms with E-state index in [1.165, 1.54) is 18.2 Å². The van der Waals surface area contributed by atoms with Crippen LogP contribution in [-0.2, 0) is 4.79 Å². The lowest BCUT2D eigenvalue weighted by atomic mass is 10.1. The fourth-order valence-electron chi connectivity index (χ4n) is 2.70. The SMILES string of the molecule is Cc1cc(F)ccc1NC(=O)c1cccc(N2CCCC2=O)c1. The quantitative estimate of drug-likeness (QED) is 0.943. The molecule has 1 N–H and O–H groups in total. The lowest BCUT2D eigenvalue weighted by molar-refractivity contribution is -0.117. The van der Waals surface area contributed by atoms with Crippen molar-refractivity contribution in [3.63, 3.8) is 0 Å². The Hall–Kier alpha value is -2.69. The zero-order valence-corrected chi connectivity index (χ0v) is 12.8. The van der Waals surface area contributed by atoms with Crippen LogP contribution in [0.1, 0.15) is 28.8 Å². The minimum Gasteiger partial charge on any atom is -0.322 e. The zero-order chi connectivity index (χ0) is 16.4. The van der Waals surface area contributed by atoms with Crippen molar-refractivity contribution < 1.29 is 14.0 Å². The maximum absolute atomic E-state index is 13.1. The smallest absolute Gasteiger partial charge is 0.255 e. The molecule has 2 aromatic rings. The molecule has 0 unspecified atom stereocenters. The van der Waals surface area contributed by atoms with E-state index in [0.29, 0.717) is 29.8 Å². The Morgan fingerprint density at radius 3 is 2.74 bits per heavy atom. The molecule has 0 saturated carbocycles. The van der Waals surface area contributed by atoms with Crippen LogP contribution < -0.4 is 10.2 Å². The number of carbonyl (C=O) groups excluding carboxylic acids is 2. The number of carbonyl (C=O) groups is 2. The lowest BCUT2D eigenvalue weighted by Crippen LogP contribution is -2.24. The van der Waals surface area contributed by atoms with Gasteiger partial charge in [0.2, 0.25) is 5.91 Å². The van der Waals surface area contributed by atoms with Crippen LogP contribution in [0.25, 0.3) is 0 Å². The van der Waals surface area contributed by atoms with Crippen molar-refractivity contribution in [3.8, 4) is 0 Å². The molecule has 2 aromatic carbocycles. The van der Waals surface area contributed by atoms with Crippen molar-refractivity contribution in [2.24, 2.45) is 0 Å². The largest absolute Gasteiger partial charge is 0.322 e. The first-order chi connectivity index (χ1) is 11.0. The van der Waals surface area contributed by atoms with Gasteiger partial charge in [-0.1, -0.05) is 6.07 Å². The second-order valence-corrected chi connectivity index (χ2v) is 5.61. The van der Waals surface area contributed by atoms with Crippen molar-refractivity contribution in [2.45, 2.75) is 19.8 Å². The van der Waals surface area contributed by atoms with E-state index in [1.807, 2.05) is 6.07 Å². The molecular weight excluding hydrogens is 295 g/mol. The van der Waals surface area contributed by atoms with Crippen molar-refractivity contribution in [1.82, 2.24) is 0 Å². The summed E-state index contributed by atoms with van der Waals surface area (Å²) in [6.45, 7) is 2.42. The molecule has 0 spiro atoms. The third-order valence-electron chi connectivity index (χ3n) is 3.93. The molecule has 2 amide bonds. The van der Waals surface area contributed by atoms with Crippen LogP contribution in [0.3, 0.4) is 0 Å². The van der Waals surface area contributed by atoms with Crippen molar-refractivity contribution in [1.29, 1.82) is 0 Å². The molecule has 1 fully saturated rings. The van der Waals surface area contributed by atoms with Crippen LogP contribution in [0.2, 0.25) is 0 Å². The standard InChI is InChI=1S/C18H17FN2O2/c1-12-10-14(19)7-8-16(12)20-18(23)13-4-2-5-15(11-13)21-9-3-6-17(21)22/h2,4-5,7-8,10-11H,3,6,9H2,1H3,(H,20,23).